The number of benzene rings is 3. The molecule has 190 valence electrons. The van der Waals surface area contributed by atoms with Gasteiger partial charge < -0.3 is 14.2 Å². The van der Waals surface area contributed by atoms with Crippen molar-refractivity contribution in [2.75, 3.05) is 27.1 Å². The highest BCUT2D eigenvalue weighted by Crippen LogP contribution is 2.39. The molecule has 0 aliphatic rings. The molecule has 9 nitrogen and oxygen atoms in total. The minimum Gasteiger partial charge on any atom is -0.493 e. The second kappa shape index (κ2) is 12.3. The molecule has 0 atom stereocenters. The van der Waals surface area contributed by atoms with Crippen molar-refractivity contribution in [1.82, 2.24) is 20.2 Å². The number of para-hydroxylation sites is 1. The topological polar surface area (TPSA) is 99.9 Å². The van der Waals surface area contributed by atoms with Crippen LogP contribution >= 0.6 is 23.4 Å². The number of hydrogen-bond acceptors (Lipinski definition) is 8. The first-order valence-corrected chi connectivity index (χ1v) is 12.4. The number of carbonyl (C=O) groups is 1. The highest BCUT2D eigenvalue weighted by Gasteiger charge is 2.18. The number of ether oxygens (including phenoxy) is 3. The number of carbonyl (C=O) groups excluding carboxylic acids is 1. The summed E-state index contributed by atoms with van der Waals surface area (Å²) >= 11 is 7.30. The first-order valence-electron chi connectivity index (χ1n) is 11.1. The molecule has 0 saturated heterocycles. The molecule has 1 aromatic heterocycles. The van der Waals surface area contributed by atoms with Crippen LogP contribution in [0.4, 0.5) is 0 Å². The molecule has 0 aliphatic carbocycles. The molecule has 4 aromatic rings. The number of thioether (sulfide) groups is 1. The molecule has 1 N–H and O–H groups in total. The van der Waals surface area contributed by atoms with Crippen LogP contribution in [-0.4, -0.2) is 54.0 Å². The molecule has 0 aliphatic heterocycles. The minimum absolute atomic E-state index is 0.0754. The summed E-state index contributed by atoms with van der Waals surface area (Å²) in [6.45, 7) is 0. The molecule has 1 heterocycles. The molecule has 1 amide bonds. The highest BCUT2D eigenvalue weighted by atomic mass is 35.5. The Balaban J connectivity index is 1.49. The minimum atomic E-state index is -0.309. The van der Waals surface area contributed by atoms with Crippen LogP contribution in [0, 0.1) is 0 Å². The zero-order chi connectivity index (χ0) is 26.2. The van der Waals surface area contributed by atoms with Crippen LogP contribution in [-0.2, 0) is 4.79 Å². The van der Waals surface area contributed by atoms with Gasteiger partial charge in [0, 0.05) is 21.8 Å². The van der Waals surface area contributed by atoms with Gasteiger partial charge in [-0.1, -0.05) is 41.6 Å². The molecule has 3 aromatic carbocycles. The van der Waals surface area contributed by atoms with E-state index >= 15 is 0 Å². The average molecular weight is 538 g/mol. The number of halogens is 1. The van der Waals surface area contributed by atoms with Gasteiger partial charge in [-0.15, -0.1) is 10.2 Å². The Bertz CT molecular complexity index is 1390. The molecular formula is C26H24ClN5O4S. The third-order valence-electron chi connectivity index (χ3n) is 5.21. The Kier molecular flexibility index (Phi) is 8.65. The predicted octanol–water partition coefficient (Wildman–Crippen LogP) is 4.86. The van der Waals surface area contributed by atoms with Gasteiger partial charge in [0.25, 0.3) is 5.91 Å². The summed E-state index contributed by atoms with van der Waals surface area (Å²) in [6, 6.07) is 20.5. The number of hydrazone groups is 1. The first kappa shape index (κ1) is 26.1. The van der Waals surface area contributed by atoms with Crippen LogP contribution in [0.1, 0.15) is 5.56 Å². The first-order chi connectivity index (χ1) is 18.0. The van der Waals surface area contributed by atoms with E-state index in [1.165, 1.54) is 32.2 Å². The van der Waals surface area contributed by atoms with Gasteiger partial charge in [0.15, 0.2) is 22.5 Å². The molecule has 0 spiro atoms. The van der Waals surface area contributed by atoms with Gasteiger partial charge in [-0.05, 0) is 48.5 Å². The Hall–Kier alpha value is -4.02. The van der Waals surface area contributed by atoms with Crippen molar-refractivity contribution in [1.29, 1.82) is 0 Å². The van der Waals surface area contributed by atoms with Crippen LogP contribution in [0.15, 0.2) is 77.0 Å². The largest absolute Gasteiger partial charge is 0.493 e. The fourth-order valence-electron chi connectivity index (χ4n) is 3.52. The number of amides is 1. The van der Waals surface area contributed by atoms with E-state index in [2.05, 4.69) is 20.7 Å². The van der Waals surface area contributed by atoms with Gasteiger partial charge in [0.05, 0.1) is 33.3 Å². The van der Waals surface area contributed by atoms with Crippen molar-refractivity contribution < 1.29 is 19.0 Å². The van der Waals surface area contributed by atoms with Crippen LogP contribution in [0.25, 0.3) is 17.1 Å². The fourth-order valence-corrected chi connectivity index (χ4v) is 4.39. The summed E-state index contributed by atoms with van der Waals surface area (Å²) in [5.41, 5.74) is 4.87. The Morgan fingerprint density at radius 1 is 0.973 bits per heavy atom. The Morgan fingerprint density at radius 2 is 1.70 bits per heavy atom. The Morgan fingerprint density at radius 3 is 2.38 bits per heavy atom. The third-order valence-corrected chi connectivity index (χ3v) is 6.39. The summed E-state index contributed by atoms with van der Waals surface area (Å²) in [6.07, 6.45) is 1.48. The second-order valence-corrected chi connectivity index (χ2v) is 8.87. The summed E-state index contributed by atoms with van der Waals surface area (Å²) in [5.74, 6) is 1.82. The van der Waals surface area contributed by atoms with Crippen molar-refractivity contribution in [2.45, 2.75) is 5.16 Å². The van der Waals surface area contributed by atoms with Gasteiger partial charge in [-0.3, -0.25) is 9.36 Å². The molecule has 0 unspecified atom stereocenters. The van der Waals surface area contributed by atoms with E-state index in [-0.39, 0.29) is 11.7 Å². The summed E-state index contributed by atoms with van der Waals surface area (Å²) in [5, 5.41) is 14.0. The van der Waals surface area contributed by atoms with Gasteiger partial charge in [0.1, 0.15) is 0 Å². The lowest BCUT2D eigenvalue weighted by molar-refractivity contribution is -0.118. The fraction of sp³-hybridized carbons (Fsp3) is 0.154. The van der Waals surface area contributed by atoms with Crippen molar-refractivity contribution in [2.24, 2.45) is 5.10 Å². The quantitative estimate of drug-likeness (QED) is 0.175. The lowest BCUT2D eigenvalue weighted by Crippen LogP contribution is -2.20. The number of nitrogens with one attached hydrogen (secondary N) is 1. The maximum Gasteiger partial charge on any atom is 0.250 e. The zero-order valence-corrected chi connectivity index (χ0v) is 21.9. The number of rotatable bonds is 10. The van der Waals surface area contributed by atoms with Gasteiger partial charge >= 0.3 is 0 Å². The maximum absolute atomic E-state index is 12.6. The van der Waals surface area contributed by atoms with Crippen LogP contribution < -0.4 is 19.6 Å². The highest BCUT2D eigenvalue weighted by molar-refractivity contribution is 7.99. The molecule has 11 heteroatoms. The van der Waals surface area contributed by atoms with Crippen LogP contribution in [0.5, 0.6) is 17.2 Å². The van der Waals surface area contributed by atoms with Gasteiger partial charge in [0.2, 0.25) is 5.75 Å². The van der Waals surface area contributed by atoms with Crippen molar-refractivity contribution in [3.05, 3.63) is 77.3 Å². The van der Waals surface area contributed by atoms with Crippen molar-refractivity contribution in [3.63, 3.8) is 0 Å². The average Bonchev–Trinajstić information content (AvgIpc) is 3.36. The second-order valence-electron chi connectivity index (χ2n) is 7.49. The molecule has 0 fully saturated rings. The van der Waals surface area contributed by atoms with E-state index in [9.17, 15) is 4.79 Å². The van der Waals surface area contributed by atoms with Crippen LogP contribution in [0.2, 0.25) is 5.02 Å². The smallest absolute Gasteiger partial charge is 0.250 e. The van der Waals surface area contributed by atoms with E-state index in [0.29, 0.717) is 38.8 Å². The van der Waals surface area contributed by atoms with E-state index in [4.69, 9.17) is 25.8 Å². The lowest BCUT2D eigenvalue weighted by Gasteiger charge is -2.13. The molecule has 0 saturated carbocycles. The summed E-state index contributed by atoms with van der Waals surface area (Å²) in [7, 11) is 4.58. The van der Waals surface area contributed by atoms with E-state index in [1.807, 2.05) is 47.0 Å². The van der Waals surface area contributed by atoms with Gasteiger partial charge in [-0.25, -0.2) is 5.43 Å². The van der Waals surface area contributed by atoms with E-state index < -0.39 is 0 Å². The molecule has 0 radical (unpaired) electrons. The molecule has 4 rings (SSSR count). The van der Waals surface area contributed by atoms with Crippen LogP contribution in [0.3, 0.4) is 0 Å². The number of methoxy groups -OCH3 is 3. The molecule has 0 bridgehead atoms. The standard InChI is InChI=1S/C26H24ClN5O4S/c1-34-21-14-11-18(23(35-2)24(21)36-3)15-28-29-22(33)16-37-26-31-30-25(17-9-12-19(27)13-10-17)32(26)20-7-5-4-6-8-20/h4-15H,16H2,1-3H3,(H,29,33)/b28-15+. The van der Waals surface area contributed by atoms with E-state index in [1.54, 1.807) is 31.4 Å². The summed E-state index contributed by atoms with van der Waals surface area (Å²) < 4.78 is 18.0. The third kappa shape index (κ3) is 6.04. The van der Waals surface area contributed by atoms with Crippen molar-refractivity contribution >= 4 is 35.5 Å². The maximum atomic E-state index is 12.6. The monoisotopic (exact) mass is 537 g/mol. The SMILES string of the molecule is COc1ccc(/C=N/NC(=O)CSc2nnc(-c3ccc(Cl)cc3)n2-c2ccccc2)c(OC)c1OC. The van der Waals surface area contributed by atoms with E-state index in [0.717, 1.165) is 11.3 Å². The molecule has 37 heavy (non-hydrogen) atoms. The number of hydrogen-bond donors (Lipinski definition) is 1. The molecular weight excluding hydrogens is 514 g/mol. The van der Waals surface area contributed by atoms with Gasteiger partial charge in [-0.2, -0.15) is 5.10 Å². The van der Waals surface area contributed by atoms with Crippen molar-refractivity contribution in [3.8, 4) is 34.3 Å². The number of aromatic nitrogens is 3. The normalized spacial score (nSPS) is 10.9. The number of nitrogens with zero attached hydrogens (tertiary/aromatic N) is 4. The summed E-state index contributed by atoms with van der Waals surface area (Å²) in [4.78, 5) is 12.6. The Labute approximate surface area is 223 Å². The predicted molar refractivity (Wildman–Crippen MR) is 144 cm³/mol. The zero-order valence-electron chi connectivity index (χ0n) is 20.3. The lowest BCUT2D eigenvalue weighted by atomic mass is 10.2.